The Hall–Kier alpha value is -2.80. The number of carbonyl (C=O) groups excluding carboxylic acids is 1. The zero-order valence-corrected chi connectivity index (χ0v) is 18.6. The number of anilines is 1. The van der Waals surface area contributed by atoms with Gasteiger partial charge in [-0.25, -0.2) is 0 Å². The first-order valence-electron chi connectivity index (χ1n) is 8.88. The first-order valence-corrected chi connectivity index (χ1v) is 11.4. The van der Waals surface area contributed by atoms with Crippen LogP contribution in [-0.2, 0) is 14.8 Å². The quantitative estimate of drug-likeness (QED) is 0.479. The summed E-state index contributed by atoms with van der Waals surface area (Å²) in [5.74, 6) is -0.513. The second-order valence-corrected chi connectivity index (χ2v) is 9.35. The molecule has 0 fully saturated rings. The van der Waals surface area contributed by atoms with Gasteiger partial charge in [-0.15, -0.1) is 4.40 Å². The summed E-state index contributed by atoms with van der Waals surface area (Å²) in [6.07, 6.45) is 0. The summed E-state index contributed by atoms with van der Waals surface area (Å²) < 4.78 is 34.6. The topological polar surface area (TPSA) is 127 Å². The molecule has 0 saturated carbocycles. The Morgan fingerprint density at radius 2 is 2.00 bits per heavy atom. The Bertz CT molecular complexity index is 1240. The van der Waals surface area contributed by atoms with Crippen molar-refractivity contribution in [2.24, 2.45) is 4.40 Å². The fourth-order valence-electron chi connectivity index (χ4n) is 3.00. The van der Waals surface area contributed by atoms with Gasteiger partial charge in [0, 0.05) is 10.1 Å². The summed E-state index contributed by atoms with van der Waals surface area (Å²) in [7, 11) is -3.98. The van der Waals surface area contributed by atoms with Gasteiger partial charge in [0.05, 0.1) is 11.6 Å². The van der Waals surface area contributed by atoms with Gasteiger partial charge < -0.3 is 15.2 Å². The zero-order valence-electron chi connectivity index (χ0n) is 15.7. The number of sulfonamides is 1. The van der Waals surface area contributed by atoms with Crippen LogP contribution in [0.15, 0.2) is 62.3 Å². The van der Waals surface area contributed by atoms with Crippen LogP contribution in [0, 0.1) is 10.5 Å². The molecule has 1 unspecified atom stereocenters. The average Bonchev–Trinajstić information content (AvgIpc) is 3.15. The molecule has 1 aromatic heterocycles. The number of rotatable bonds is 5. The Kier molecular flexibility index (Phi) is 5.56. The van der Waals surface area contributed by atoms with Gasteiger partial charge in [-0.2, -0.15) is 13.4 Å². The van der Waals surface area contributed by atoms with Crippen molar-refractivity contribution < 1.29 is 17.7 Å². The standard InChI is InChI=1S/C19H16IN5O4S/c1-11-22-19(29-24-11)14(12-5-3-2-4-6-12)10-21-18(26)17-23-15-8-7-13(20)9-16(15)30(27,28)25-17/h2-9,14H,10H2,1H3,(H,21,26)(H,23,25). The molecule has 1 amide bonds. The third-order valence-corrected chi connectivity index (χ3v) is 6.40. The van der Waals surface area contributed by atoms with E-state index >= 15 is 0 Å². The van der Waals surface area contributed by atoms with Gasteiger partial charge >= 0.3 is 0 Å². The summed E-state index contributed by atoms with van der Waals surface area (Å²) in [6, 6.07) is 14.2. The molecule has 30 heavy (non-hydrogen) atoms. The van der Waals surface area contributed by atoms with Crippen molar-refractivity contribution in [3.05, 3.63) is 69.4 Å². The van der Waals surface area contributed by atoms with Gasteiger partial charge in [0.2, 0.25) is 11.7 Å². The lowest BCUT2D eigenvalue weighted by atomic mass is 9.99. The molecular formula is C19H16IN5O4S. The Labute approximate surface area is 186 Å². The maximum absolute atomic E-state index is 12.7. The number of benzene rings is 2. The number of amidine groups is 1. The number of fused-ring (bicyclic) bond motifs is 1. The summed E-state index contributed by atoms with van der Waals surface area (Å²) in [6.45, 7) is 1.82. The lowest BCUT2D eigenvalue weighted by Crippen LogP contribution is -2.40. The minimum absolute atomic E-state index is 0.0365. The van der Waals surface area contributed by atoms with Crippen molar-refractivity contribution in [3.63, 3.8) is 0 Å². The van der Waals surface area contributed by atoms with E-state index in [-0.39, 0.29) is 17.3 Å². The minimum Gasteiger partial charge on any atom is -0.348 e. The lowest BCUT2D eigenvalue weighted by molar-refractivity contribution is -0.114. The fourth-order valence-corrected chi connectivity index (χ4v) is 4.84. The molecule has 2 aromatic carbocycles. The molecule has 3 aromatic rings. The van der Waals surface area contributed by atoms with Gasteiger partial charge in [-0.1, -0.05) is 35.5 Å². The molecular weight excluding hydrogens is 521 g/mol. The van der Waals surface area contributed by atoms with Crippen LogP contribution >= 0.6 is 22.6 Å². The first kappa shape index (κ1) is 20.5. The Morgan fingerprint density at radius 3 is 2.70 bits per heavy atom. The molecule has 0 bridgehead atoms. The molecule has 9 nitrogen and oxygen atoms in total. The maximum Gasteiger partial charge on any atom is 0.287 e. The zero-order chi connectivity index (χ0) is 21.3. The van der Waals surface area contributed by atoms with E-state index in [0.29, 0.717) is 17.4 Å². The van der Waals surface area contributed by atoms with Crippen LogP contribution in [0.5, 0.6) is 0 Å². The van der Waals surface area contributed by atoms with Crippen LogP contribution in [0.1, 0.15) is 23.2 Å². The normalized spacial score (nSPS) is 15.5. The summed E-state index contributed by atoms with van der Waals surface area (Å²) >= 11 is 2.01. The number of halogens is 1. The minimum atomic E-state index is -3.98. The van der Waals surface area contributed by atoms with E-state index in [1.807, 2.05) is 52.9 Å². The van der Waals surface area contributed by atoms with Gasteiger partial charge in [0.15, 0.2) is 5.82 Å². The van der Waals surface area contributed by atoms with E-state index in [0.717, 1.165) is 9.13 Å². The Balaban J connectivity index is 1.56. The monoisotopic (exact) mass is 537 g/mol. The molecule has 2 heterocycles. The highest BCUT2D eigenvalue weighted by molar-refractivity contribution is 14.1. The van der Waals surface area contributed by atoms with Crippen LogP contribution in [-0.4, -0.2) is 36.8 Å². The Morgan fingerprint density at radius 1 is 1.23 bits per heavy atom. The average molecular weight is 537 g/mol. The molecule has 2 N–H and O–H groups in total. The molecule has 1 aliphatic heterocycles. The molecule has 0 spiro atoms. The van der Waals surface area contributed by atoms with E-state index in [4.69, 9.17) is 4.52 Å². The van der Waals surface area contributed by atoms with E-state index in [9.17, 15) is 13.2 Å². The smallest absolute Gasteiger partial charge is 0.287 e. The van der Waals surface area contributed by atoms with Gasteiger partial charge in [-0.05, 0) is 53.3 Å². The fraction of sp³-hybridized carbons (Fsp3) is 0.158. The summed E-state index contributed by atoms with van der Waals surface area (Å²) in [4.78, 5) is 17.0. The van der Waals surface area contributed by atoms with Crippen molar-refractivity contribution in [3.8, 4) is 0 Å². The summed E-state index contributed by atoms with van der Waals surface area (Å²) in [5, 5.41) is 9.32. The lowest BCUT2D eigenvalue weighted by Gasteiger charge is -2.19. The van der Waals surface area contributed by atoms with Crippen molar-refractivity contribution in [1.29, 1.82) is 0 Å². The molecule has 4 rings (SSSR count). The number of carbonyl (C=O) groups is 1. The largest absolute Gasteiger partial charge is 0.348 e. The second kappa shape index (κ2) is 8.14. The van der Waals surface area contributed by atoms with Crippen LogP contribution in [0.2, 0.25) is 0 Å². The SMILES string of the molecule is Cc1noc(C(CNC(=O)C2=NS(=O)(=O)c3cc(I)ccc3N2)c2ccccc2)n1. The number of hydrogen-bond donors (Lipinski definition) is 2. The van der Waals surface area contributed by atoms with Crippen LogP contribution in [0.25, 0.3) is 0 Å². The predicted octanol–water partition coefficient (Wildman–Crippen LogP) is 2.44. The summed E-state index contributed by atoms with van der Waals surface area (Å²) in [5.41, 5.74) is 1.18. The number of hydrogen-bond acceptors (Lipinski definition) is 7. The number of aryl methyl sites for hydroxylation is 1. The van der Waals surface area contributed by atoms with E-state index in [2.05, 4.69) is 25.2 Å². The highest BCUT2D eigenvalue weighted by atomic mass is 127. The van der Waals surface area contributed by atoms with Crippen LogP contribution < -0.4 is 10.6 Å². The molecule has 0 aliphatic carbocycles. The van der Waals surface area contributed by atoms with E-state index < -0.39 is 21.8 Å². The second-order valence-electron chi connectivity index (χ2n) is 6.53. The van der Waals surface area contributed by atoms with Gasteiger partial charge in [-0.3, -0.25) is 4.79 Å². The van der Waals surface area contributed by atoms with Gasteiger partial charge in [0.25, 0.3) is 15.9 Å². The molecule has 1 aliphatic rings. The van der Waals surface area contributed by atoms with Crippen LogP contribution in [0.4, 0.5) is 5.69 Å². The van der Waals surface area contributed by atoms with E-state index in [1.54, 1.807) is 19.1 Å². The number of nitrogens with zero attached hydrogens (tertiary/aromatic N) is 3. The van der Waals surface area contributed by atoms with Gasteiger partial charge in [0.1, 0.15) is 4.90 Å². The first-order chi connectivity index (χ1) is 14.3. The van der Waals surface area contributed by atoms with Crippen molar-refractivity contribution >= 4 is 50.0 Å². The third-order valence-electron chi connectivity index (χ3n) is 4.41. The molecule has 0 radical (unpaired) electrons. The molecule has 1 atom stereocenters. The van der Waals surface area contributed by atoms with Crippen molar-refractivity contribution in [2.75, 3.05) is 11.9 Å². The molecule has 154 valence electrons. The van der Waals surface area contributed by atoms with E-state index in [1.165, 1.54) is 6.07 Å². The highest BCUT2D eigenvalue weighted by Crippen LogP contribution is 2.29. The van der Waals surface area contributed by atoms with Crippen molar-refractivity contribution in [1.82, 2.24) is 15.5 Å². The molecule has 11 heteroatoms. The highest BCUT2D eigenvalue weighted by Gasteiger charge is 2.29. The van der Waals surface area contributed by atoms with Crippen molar-refractivity contribution in [2.45, 2.75) is 17.7 Å². The number of aromatic nitrogens is 2. The number of nitrogens with one attached hydrogen (secondary N) is 2. The third kappa shape index (κ3) is 4.21. The number of amides is 1. The predicted molar refractivity (Wildman–Crippen MR) is 118 cm³/mol. The maximum atomic E-state index is 12.7. The van der Waals surface area contributed by atoms with Crippen LogP contribution in [0.3, 0.4) is 0 Å². The molecule has 0 saturated heterocycles.